The van der Waals surface area contributed by atoms with Gasteiger partial charge in [-0.1, -0.05) is 12.1 Å². The largest absolute Gasteiger partial charge is 0.363 e. The van der Waals surface area contributed by atoms with Gasteiger partial charge >= 0.3 is 0 Å². The number of hydrogen-bond acceptors (Lipinski definition) is 5. The number of aryl methyl sites for hydroxylation is 1. The molecule has 0 saturated carbocycles. The van der Waals surface area contributed by atoms with E-state index in [0.717, 1.165) is 41.2 Å². The molecule has 3 rings (SSSR count). The van der Waals surface area contributed by atoms with Gasteiger partial charge in [-0.15, -0.1) is 11.3 Å². The zero-order valence-electron chi connectivity index (χ0n) is 15.2. The Hall–Kier alpha value is -2.47. The first-order chi connectivity index (χ1) is 12.6. The minimum atomic E-state index is 0.0949. The highest BCUT2D eigenvalue weighted by Crippen LogP contribution is 2.22. The van der Waals surface area contributed by atoms with E-state index in [2.05, 4.69) is 21.4 Å². The number of aromatic nitrogens is 2. The first-order valence-corrected chi connectivity index (χ1v) is 9.67. The highest BCUT2D eigenvalue weighted by atomic mass is 32.1. The lowest BCUT2D eigenvalue weighted by molar-refractivity contribution is -0.121. The quantitative estimate of drug-likeness (QED) is 0.615. The molecular weight excluding hydrogens is 344 g/mol. The fourth-order valence-electron chi connectivity index (χ4n) is 2.69. The number of fused-ring (bicyclic) bond motifs is 1. The van der Waals surface area contributed by atoms with Gasteiger partial charge in [0.05, 0.1) is 15.2 Å². The van der Waals surface area contributed by atoms with E-state index in [-0.39, 0.29) is 5.91 Å². The van der Waals surface area contributed by atoms with Gasteiger partial charge in [0.15, 0.2) is 0 Å². The molecule has 1 N–H and O–H groups in total. The second-order valence-corrected chi connectivity index (χ2v) is 7.59. The number of para-hydroxylation sites is 1. The first kappa shape index (κ1) is 18.3. The van der Waals surface area contributed by atoms with Crippen LogP contribution in [-0.2, 0) is 17.8 Å². The SMILES string of the molecule is CN(C)c1cc(CNC(=O)CCCCc2nc3ccccc3s2)ccn1. The molecule has 26 heavy (non-hydrogen) atoms. The molecule has 136 valence electrons. The summed E-state index contributed by atoms with van der Waals surface area (Å²) >= 11 is 1.75. The monoisotopic (exact) mass is 368 g/mol. The Morgan fingerprint density at radius 1 is 1.19 bits per heavy atom. The zero-order valence-corrected chi connectivity index (χ0v) is 16.1. The highest BCUT2D eigenvalue weighted by molar-refractivity contribution is 7.18. The zero-order chi connectivity index (χ0) is 18.4. The van der Waals surface area contributed by atoms with Crippen molar-refractivity contribution in [3.63, 3.8) is 0 Å². The number of carbonyl (C=O) groups is 1. The van der Waals surface area contributed by atoms with Crippen LogP contribution in [0.15, 0.2) is 42.6 Å². The normalized spacial score (nSPS) is 10.8. The number of nitrogens with one attached hydrogen (secondary N) is 1. The fourth-order valence-corrected chi connectivity index (χ4v) is 3.70. The van der Waals surface area contributed by atoms with E-state index in [1.54, 1.807) is 17.5 Å². The Morgan fingerprint density at radius 2 is 2.04 bits per heavy atom. The van der Waals surface area contributed by atoms with Crippen LogP contribution >= 0.6 is 11.3 Å². The first-order valence-electron chi connectivity index (χ1n) is 8.85. The van der Waals surface area contributed by atoms with E-state index in [0.29, 0.717) is 13.0 Å². The van der Waals surface area contributed by atoms with E-state index in [9.17, 15) is 4.79 Å². The number of hydrogen-bond donors (Lipinski definition) is 1. The van der Waals surface area contributed by atoms with Gasteiger partial charge in [0.2, 0.25) is 5.91 Å². The van der Waals surface area contributed by atoms with Crippen molar-refractivity contribution in [3.05, 3.63) is 53.2 Å². The minimum Gasteiger partial charge on any atom is -0.363 e. The standard InChI is InChI=1S/C20H24N4OS/c1-24(2)18-13-15(11-12-21-18)14-22-19(25)9-5-6-10-20-23-16-7-3-4-8-17(16)26-20/h3-4,7-8,11-13H,5-6,9-10,14H2,1-2H3,(H,22,25). The van der Waals surface area contributed by atoms with E-state index >= 15 is 0 Å². The molecule has 0 spiro atoms. The number of thiazole rings is 1. The summed E-state index contributed by atoms with van der Waals surface area (Å²) in [7, 11) is 3.91. The summed E-state index contributed by atoms with van der Waals surface area (Å²) in [6.45, 7) is 0.542. The molecule has 0 aliphatic rings. The average molecular weight is 369 g/mol. The number of benzene rings is 1. The third kappa shape index (κ3) is 5.02. The van der Waals surface area contributed by atoms with Crippen LogP contribution in [0.2, 0.25) is 0 Å². The third-order valence-corrected chi connectivity index (χ3v) is 5.24. The molecule has 0 radical (unpaired) electrons. The molecule has 3 aromatic rings. The second kappa shape index (κ2) is 8.76. The Kier molecular flexibility index (Phi) is 6.17. The average Bonchev–Trinajstić information content (AvgIpc) is 3.06. The maximum atomic E-state index is 12.0. The molecule has 1 amide bonds. The third-order valence-electron chi connectivity index (χ3n) is 4.14. The van der Waals surface area contributed by atoms with Crippen molar-refractivity contribution in [2.45, 2.75) is 32.2 Å². The van der Waals surface area contributed by atoms with Crippen molar-refractivity contribution >= 4 is 33.3 Å². The summed E-state index contributed by atoms with van der Waals surface area (Å²) in [5.74, 6) is 0.991. The fraction of sp³-hybridized carbons (Fsp3) is 0.350. The van der Waals surface area contributed by atoms with Gasteiger partial charge in [-0.3, -0.25) is 4.79 Å². The van der Waals surface area contributed by atoms with Crippen LogP contribution in [0, 0.1) is 0 Å². The second-order valence-electron chi connectivity index (χ2n) is 6.48. The maximum Gasteiger partial charge on any atom is 0.220 e. The van der Waals surface area contributed by atoms with Gasteiger partial charge in [-0.2, -0.15) is 0 Å². The van der Waals surface area contributed by atoms with Crippen LogP contribution in [0.4, 0.5) is 5.82 Å². The van der Waals surface area contributed by atoms with Crippen LogP contribution in [0.3, 0.4) is 0 Å². The summed E-state index contributed by atoms with van der Waals surface area (Å²) in [5.41, 5.74) is 2.13. The van der Waals surface area contributed by atoms with E-state index < -0.39 is 0 Å². The summed E-state index contributed by atoms with van der Waals surface area (Å²) < 4.78 is 1.23. The van der Waals surface area contributed by atoms with Crippen molar-refractivity contribution in [2.24, 2.45) is 0 Å². The molecular formula is C20H24N4OS. The van der Waals surface area contributed by atoms with Crippen LogP contribution in [0.5, 0.6) is 0 Å². The molecule has 0 aliphatic carbocycles. The number of amides is 1. The summed E-state index contributed by atoms with van der Waals surface area (Å²) in [4.78, 5) is 22.9. The van der Waals surface area contributed by atoms with Crippen LogP contribution < -0.4 is 10.2 Å². The number of unbranched alkanes of at least 4 members (excludes halogenated alkanes) is 1. The van der Waals surface area contributed by atoms with Gasteiger partial charge in [0.25, 0.3) is 0 Å². The number of rotatable bonds is 8. The molecule has 5 nitrogen and oxygen atoms in total. The van der Waals surface area contributed by atoms with Crippen molar-refractivity contribution in [2.75, 3.05) is 19.0 Å². The minimum absolute atomic E-state index is 0.0949. The lowest BCUT2D eigenvalue weighted by Crippen LogP contribution is -2.22. The van der Waals surface area contributed by atoms with Gasteiger partial charge in [0.1, 0.15) is 5.82 Å². The van der Waals surface area contributed by atoms with Crippen LogP contribution in [-0.4, -0.2) is 30.0 Å². The Balaban J connectivity index is 1.38. The van der Waals surface area contributed by atoms with Crippen LogP contribution in [0.1, 0.15) is 29.8 Å². The molecule has 6 heteroatoms. The van der Waals surface area contributed by atoms with Crippen molar-refractivity contribution in [1.82, 2.24) is 15.3 Å². The van der Waals surface area contributed by atoms with Gasteiger partial charge in [-0.05, 0) is 49.1 Å². The number of carbonyl (C=O) groups excluding carboxylic acids is 1. The predicted octanol–water partition coefficient (Wildman–Crippen LogP) is 3.79. The topological polar surface area (TPSA) is 58.1 Å². The van der Waals surface area contributed by atoms with E-state index in [4.69, 9.17) is 0 Å². The summed E-state index contributed by atoms with van der Waals surface area (Å²) in [5, 5.41) is 4.14. The molecule has 1 aromatic carbocycles. The number of nitrogens with zero attached hydrogens (tertiary/aromatic N) is 3. The van der Waals surface area contributed by atoms with Gasteiger partial charge in [0, 0.05) is 33.3 Å². The van der Waals surface area contributed by atoms with Crippen molar-refractivity contribution in [1.29, 1.82) is 0 Å². The number of anilines is 1. The van der Waals surface area contributed by atoms with Crippen molar-refractivity contribution in [3.8, 4) is 0 Å². The Morgan fingerprint density at radius 3 is 2.85 bits per heavy atom. The molecule has 0 atom stereocenters. The molecule has 0 saturated heterocycles. The molecule has 2 aromatic heterocycles. The lowest BCUT2D eigenvalue weighted by Gasteiger charge is -2.12. The van der Waals surface area contributed by atoms with E-state index in [1.807, 2.05) is 49.3 Å². The van der Waals surface area contributed by atoms with Gasteiger partial charge < -0.3 is 10.2 Å². The number of pyridine rings is 1. The Bertz CT molecular complexity index is 842. The highest BCUT2D eigenvalue weighted by Gasteiger charge is 2.06. The van der Waals surface area contributed by atoms with Gasteiger partial charge in [-0.25, -0.2) is 9.97 Å². The Labute approximate surface area is 158 Å². The predicted molar refractivity (Wildman–Crippen MR) is 108 cm³/mol. The van der Waals surface area contributed by atoms with E-state index in [1.165, 1.54) is 4.70 Å². The van der Waals surface area contributed by atoms with Crippen molar-refractivity contribution < 1.29 is 4.79 Å². The smallest absolute Gasteiger partial charge is 0.220 e. The molecule has 0 bridgehead atoms. The molecule has 0 aliphatic heterocycles. The molecule has 0 fully saturated rings. The van der Waals surface area contributed by atoms with Crippen LogP contribution in [0.25, 0.3) is 10.2 Å². The summed E-state index contributed by atoms with van der Waals surface area (Å²) in [6.07, 6.45) is 5.11. The summed E-state index contributed by atoms with van der Waals surface area (Å²) in [6, 6.07) is 12.1. The lowest BCUT2D eigenvalue weighted by atomic mass is 10.2. The molecule has 0 unspecified atom stereocenters. The maximum absolute atomic E-state index is 12.0. The molecule has 2 heterocycles.